The van der Waals surface area contributed by atoms with E-state index in [0.717, 1.165) is 38.9 Å². The van der Waals surface area contributed by atoms with Gasteiger partial charge in [0.15, 0.2) is 0 Å². The maximum atomic E-state index is 12.1. The lowest BCUT2D eigenvalue weighted by atomic mass is 10.0. The van der Waals surface area contributed by atoms with Gasteiger partial charge in [0.25, 0.3) is 0 Å². The van der Waals surface area contributed by atoms with E-state index in [2.05, 4.69) is 46.7 Å². The van der Waals surface area contributed by atoms with Crippen molar-refractivity contribution >= 4 is 11.6 Å². The van der Waals surface area contributed by atoms with Gasteiger partial charge in [-0.1, -0.05) is 24.6 Å². The highest BCUT2D eigenvalue weighted by atomic mass is 16.2. The topological polar surface area (TPSA) is 44.4 Å². The molecule has 21 heavy (non-hydrogen) atoms. The van der Waals surface area contributed by atoms with Gasteiger partial charge in [-0.05, 0) is 44.4 Å². The first-order valence-electron chi connectivity index (χ1n) is 8.11. The Morgan fingerprint density at radius 3 is 3.05 bits per heavy atom. The van der Waals surface area contributed by atoms with Crippen molar-refractivity contribution in [2.75, 3.05) is 24.5 Å². The Morgan fingerprint density at radius 1 is 1.38 bits per heavy atom. The Labute approximate surface area is 126 Å². The van der Waals surface area contributed by atoms with E-state index in [0.29, 0.717) is 6.04 Å². The summed E-state index contributed by atoms with van der Waals surface area (Å²) < 4.78 is 0. The smallest absolute Gasteiger partial charge is 0.237 e. The highest BCUT2D eigenvalue weighted by Gasteiger charge is 2.25. The van der Waals surface area contributed by atoms with Crippen molar-refractivity contribution in [2.45, 2.75) is 44.7 Å². The Hall–Kier alpha value is -1.55. The minimum Gasteiger partial charge on any atom is -0.367 e. The van der Waals surface area contributed by atoms with Gasteiger partial charge in [-0.2, -0.15) is 0 Å². The van der Waals surface area contributed by atoms with E-state index in [1.165, 1.54) is 17.7 Å². The molecular weight excluding hydrogens is 262 g/mol. The molecule has 0 bridgehead atoms. The average Bonchev–Trinajstić information content (AvgIpc) is 2.84. The summed E-state index contributed by atoms with van der Waals surface area (Å²) in [5, 5.41) is 6.38. The summed E-state index contributed by atoms with van der Waals surface area (Å²) in [6.45, 7) is 4.82. The van der Waals surface area contributed by atoms with Crippen LogP contribution in [-0.4, -0.2) is 37.6 Å². The summed E-state index contributed by atoms with van der Waals surface area (Å²) in [5.41, 5.74) is 2.75. The molecule has 0 spiro atoms. The number of carbonyl (C=O) groups excluding carboxylic acids is 1. The van der Waals surface area contributed by atoms with Crippen LogP contribution in [0.1, 0.15) is 31.7 Å². The van der Waals surface area contributed by atoms with Gasteiger partial charge < -0.3 is 15.5 Å². The summed E-state index contributed by atoms with van der Waals surface area (Å²) in [4.78, 5) is 14.5. The van der Waals surface area contributed by atoms with Crippen molar-refractivity contribution in [1.29, 1.82) is 0 Å². The van der Waals surface area contributed by atoms with Crippen molar-refractivity contribution in [1.82, 2.24) is 10.6 Å². The predicted molar refractivity (Wildman–Crippen MR) is 85.6 cm³/mol. The number of rotatable bonds is 4. The van der Waals surface area contributed by atoms with Crippen molar-refractivity contribution in [3.05, 3.63) is 29.8 Å². The average molecular weight is 287 g/mol. The molecule has 2 heterocycles. The fourth-order valence-corrected chi connectivity index (χ4v) is 3.47. The van der Waals surface area contributed by atoms with Crippen LogP contribution in [0.3, 0.4) is 0 Å². The molecule has 114 valence electrons. The number of piperidine rings is 1. The van der Waals surface area contributed by atoms with Gasteiger partial charge >= 0.3 is 0 Å². The number of fused-ring (bicyclic) bond motifs is 1. The van der Waals surface area contributed by atoms with Crippen molar-refractivity contribution < 1.29 is 4.79 Å². The number of carbonyl (C=O) groups is 1. The monoisotopic (exact) mass is 287 g/mol. The van der Waals surface area contributed by atoms with Crippen molar-refractivity contribution in [3.8, 4) is 0 Å². The van der Waals surface area contributed by atoms with E-state index in [-0.39, 0.29) is 11.9 Å². The first-order valence-corrected chi connectivity index (χ1v) is 8.11. The van der Waals surface area contributed by atoms with Crippen LogP contribution in [0.25, 0.3) is 0 Å². The van der Waals surface area contributed by atoms with Crippen LogP contribution in [0, 0.1) is 0 Å². The van der Waals surface area contributed by atoms with Gasteiger partial charge in [0.2, 0.25) is 5.91 Å². The fourth-order valence-electron chi connectivity index (χ4n) is 3.47. The molecule has 0 aromatic heterocycles. The second kappa shape index (κ2) is 6.48. The summed E-state index contributed by atoms with van der Waals surface area (Å²) in [6.07, 6.45) is 4.41. The number of hydrogen-bond donors (Lipinski definition) is 2. The molecule has 1 unspecified atom stereocenters. The van der Waals surface area contributed by atoms with Crippen LogP contribution in [0.5, 0.6) is 0 Å². The van der Waals surface area contributed by atoms with Gasteiger partial charge in [-0.3, -0.25) is 4.79 Å². The van der Waals surface area contributed by atoms with E-state index < -0.39 is 0 Å². The quantitative estimate of drug-likeness (QED) is 0.886. The lowest BCUT2D eigenvalue weighted by molar-refractivity contribution is -0.123. The predicted octanol–water partition coefficient (Wildman–Crippen LogP) is 1.70. The molecule has 1 fully saturated rings. The maximum absolute atomic E-state index is 12.1. The molecule has 4 nitrogen and oxygen atoms in total. The number of para-hydroxylation sites is 1. The van der Waals surface area contributed by atoms with Gasteiger partial charge in [0.1, 0.15) is 0 Å². The Bertz CT molecular complexity index is 497. The summed E-state index contributed by atoms with van der Waals surface area (Å²) in [6, 6.07) is 9.12. The number of nitrogens with zero attached hydrogens (tertiary/aromatic N) is 1. The third-order valence-corrected chi connectivity index (χ3v) is 4.63. The highest BCUT2D eigenvalue weighted by molar-refractivity contribution is 5.81. The number of benzene rings is 1. The second-order valence-electron chi connectivity index (χ2n) is 6.17. The highest BCUT2D eigenvalue weighted by Crippen LogP contribution is 2.31. The molecule has 1 aromatic carbocycles. The molecule has 0 radical (unpaired) electrons. The molecule has 2 aliphatic heterocycles. The number of amides is 1. The molecule has 4 heteroatoms. The van der Waals surface area contributed by atoms with Crippen LogP contribution in [0.15, 0.2) is 24.3 Å². The number of nitrogens with one attached hydrogen (secondary N) is 2. The zero-order valence-electron chi connectivity index (χ0n) is 12.8. The van der Waals surface area contributed by atoms with Crippen LogP contribution in [-0.2, 0) is 11.2 Å². The molecule has 0 saturated carbocycles. The first kappa shape index (κ1) is 14.4. The molecule has 2 aliphatic rings. The van der Waals surface area contributed by atoms with Gasteiger partial charge in [-0.15, -0.1) is 0 Å². The molecular formula is C17H25N3O. The summed E-state index contributed by atoms with van der Waals surface area (Å²) in [5.74, 6) is 0.162. The molecule has 1 aromatic rings. The zero-order valence-corrected chi connectivity index (χ0v) is 12.8. The van der Waals surface area contributed by atoms with Crippen LogP contribution in [0.4, 0.5) is 5.69 Å². The Balaban J connectivity index is 1.50. The van der Waals surface area contributed by atoms with E-state index in [4.69, 9.17) is 0 Å². The third kappa shape index (κ3) is 3.21. The second-order valence-corrected chi connectivity index (χ2v) is 6.17. The SMILES string of the molecule is CC1Cc2ccccc2N1CCNC(=O)[C@H]1CCCCN1. The standard InChI is InChI=1S/C17H25N3O/c1-13-12-14-6-2-3-8-16(14)20(13)11-10-19-17(21)15-7-4-5-9-18-15/h2-3,6,8,13,15,18H,4-5,7,9-12H2,1H3,(H,19,21)/t13?,15-/m1/s1. The lowest BCUT2D eigenvalue weighted by Gasteiger charge is -2.26. The van der Waals surface area contributed by atoms with Gasteiger partial charge in [0, 0.05) is 24.8 Å². The maximum Gasteiger partial charge on any atom is 0.237 e. The molecule has 1 saturated heterocycles. The minimum atomic E-state index is 0.0158. The molecule has 1 amide bonds. The zero-order chi connectivity index (χ0) is 14.7. The van der Waals surface area contributed by atoms with E-state index >= 15 is 0 Å². The number of anilines is 1. The normalized spacial score (nSPS) is 24.7. The third-order valence-electron chi connectivity index (χ3n) is 4.63. The van der Waals surface area contributed by atoms with Gasteiger partial charge in [-0.25, -0.2) is 0 Å². The molecule has 2 atom stereocenters. The Kier molecular flexibility index (Phi) is 4.44. The van der Waals surface area contributed by atoms with E-state index in [1.807, 2.05) is 0 Å². The van der Waals surface area contributed by atoms with Crippen LogP contribution >= 0.6 is 0 Å². The first-order chi connectivity index (χ1) is 10.3. The Morgan fingerprint density at radius 2 is 2.24 bits per heavy atom. The largest absolute Gasteiger partial charge is 0.367 e. The summed E-state index contributed by atoms with van der Waals surface area (Å²) in [7, 11) is 0. The molecule has 3 rings (SSSR count). The van der Waals surface area contributed by atoms with Crippen molar-refractivity contribution in [3.63, 3.8) is 0 Å². The molecule has 2 N–H and O–H groups in total. The van der Waals surface area contributed by atoms with Crippen molar-refractivity contribution in [2.24, 2.45) is 0 Å². The van der Waals surface area contributed by atoms with E-state index in [9.17, 15) is 4.79 Å². The molecule has 0 aliphatic carbocycles. The van der Waals surface area contributed by atoms with Gasteiger partial charge in [0.05, 0.1) is 6.04 Å². The summed E-state index contributed by atoms with van der Waals surface area (Å²) >= 11 is 0. The van der Waals surface area contributed by atoms with Crippen LogP contribution in [0.2, 0.25) is 0 Å². The minimum absolute atomic E-state index is 0.0158. The lowest BCUT2D eigenvalue weighted by Crippen LogP contribution is -2.48. The fraction of sp³-hybridized carbons (Fsp3) is 0.588. The number of hydrogen-bond acceptors (Lipinski definition) is 3. The van der Waals surface area contributed by atoms with Crippen LogP contribution < -0.4 is 15.5 Å². The van der Waals surface area contributed by atoms with E-state index in [1.54, 1.807) is 0 Å².